The molecule has 152 valence electrons. The predicted molar refractivity (Wildman–Crippen MR) is 121 cm³/mol. The molecule has 1 N–H and O–H groups in total. The molecule has 3 nitrogen and oxygen atoms in total. The van der Waals surface area contributed by atoms with Gasteiger partial charge in [0.15, 0.2) is 0 Å². The van der Waals surface area contributed by atoms with Crippen LogP contribution in [0.5, 0.6) is 5.75 Å². The van der Waals surface area contributed by atoms with Crippen LogP contribution >= 0.6 is 0 Å². The number of hydrogen-bond donors (Lipinski definition) is 1. The van der Waals surface area contributed by atoms with E-state index in [1.165, 1.54) is 38.5 Å². The molecule has 0 aliphatic heterocycles. The Morgan fingerprint density at radius 1 is 0.833 bits per heavy atom. The van der Waals surface area contributed by atoms with E-state index < -0.39 is 0 Å². The number of nitrogens with zero attached hydrogens (tertiary/aromatic N) is 2. The van der Waals surface area contributed by atoms with E-state index in [2.05, 4.69) is 34.9 Å². The van der Waals surface area contributed by atoms with Crippen molar-refractivity contribution in [2.45, 2.75) is 43.9 Å². The number of rotatable bonds is 4. The molecule has 4 bridgehead atoms. The number of hydrogen-bond acceptors (Lipinski definition) is 2. The van der Waals surface area contributed by atoms with E-state index in [0.29, 0.717) is 5.41 Å². The molecular weight excluding hydrogens is 368 g/mol. The second-order valence-electron chi connectivity index (χ2n) is 9.82. The van der Waals surface area contributed by atoms with Crippen LogP contribution < -0.4 is 0 Å². The summed E-state index contributed by atoms with van der Waals surface area (Å²) in [6.45, 7) is 0. The molecule has 1 aromatic heterocycles. The van der Waals surface area contributed by atoms with Crippen molar-refractivity contribution >= 4 is 11.9 Å². The number of phenolic OH excluding ortho intramolecular Hbond substituents is 1. The monoisotopic (exact) mass is 396 g/mol. The maximum atomic E-state index is 9.53. The average molecular weight is 397 g/mol. The van der Waals surface area contributed by atoms with Gasteiger partial charge in [-0.2, -0.15) is 0 Å². The Hall–Kier alpha value is -2.81. The minimum atomic E-state index is 0.278. The first-order valence-corrected chi connectivity index (χ1v) is 11.3. The van der Waals surface area contributed by atoms with E-state index >= 15 is 0 Å². The molecule has 4 fully saturated rings. The third-order valence-corrected chi connectivity index (χ3v) is 7.77. The van der Waals surface area contributed by atoms with Gasteiger partial charge >= 0.3 is 0 Å². The highest BCUT2D eigenvalue weighted by Crippen LogP contribution is 2.60. The molecule has 0 amide bonds. The SMILES string of the molecule is Oc1ccc(-n2cccc2C=Nc2ccc(C34CC5CC(CC(C5)C3)C4)cc2)cc1. The number of phenols is 1. The Labute approximate surface area is 178 Å². The van der Waals surface area contributed by atoms with Crippen LogP contribution in [0.15, 0.2) is 71.9 Å². The van der Waals surface area contributed by atoms with E-state index in [4.69, 9.17) is 4.99 Å². The summed E-state index contributed by atoms with van der Waals surface area (Å²) >= 11 is 0. The lowest BCUT2D eigenvalue weighted by molar-refractivity contribution is -0.00518. The summed E-state index contributed by atoms with van der Waals surface area (Å²) in [5.41, 5.74) is 5.03. The molecule has 0 atom stereocenters. The van der Waals surface area contributed by atoms with E-state index in [-0.39, 0.29) is 5.75 Å². The Bertz CT molecular complexity index is 1040. The largest absolute Gasteiger partial charge is 0.508 e. The van der Waals surface area contributed by atoms with Crippen molar-refractivity contribution in [3.05, 3.63) is 78.1 Å². The van der Waals surface area contributed by atoms with Gasteiger partial charge in [0, 0.05) is 11.9 Å². The molecule has 0 unspecified atom stereocenters. The Morgan fingerprint density at radius 2 is 1.47 bits per heavy atom. The predicted octanol–water partition coefficient (Wildman–Crippen LogP) is 6.40. The molecule has 7 rings (SSSR count). The molecule has 0 spiro atoms. The second-order valence-corrected chi connectivity index (χ2v) is 9.82. The molecule has 30 heavy (non-hydrogen) atoms. The van der Waals surface area contributed by atoms with Crippen LogP contribution in [0.1, 0.15) is 49.8 Å². The van der Waals surface area contributed by atoms with E-state index in [1.807, 2.05) is 30.6 Å². The van der Waals surface area contributed by atoms with Crippen LogP contribution in [0, 0.1) is 17.8 Å². The third-order valence-electron chi connectivity index (χ3n) is 7.77. The van der Waals surface area contributed by atoms with Crippen molar-refractivity contribution < 1.29 is 5.11 Å². The van der Waals surface area contributed by atoms with Crippen molar-refractivity contribution in [1.82, 2.24) is 4.57 Å². The van der Waals surface area contributed by atoms with Crippen molar-refractivity contribution in [1.29, 1.82) is 0 Å². The van der Waals surface area contributed by atoms with Crippen LogP contribution in [0.25, 0.3) is 5.69 Å². The highest BCUT2D eigenvalue weighted by molar-refractivity contribution is 5.81. The molecule has 4 aliphatic rings. The maximum Gasteiger partial charge on any atom is 0.115 e. The number of aromatic hydroxyl groups is 1. The number of benzene rings is 2. The van der Waals surface area contributed by atoms with E-state index in [1.54, 1.807) is 17.7 Å². The standard InChI is InChI=1S/C27H28N2O/c30-26-9-7-24(8-10-26)29-11-1-2-25(29)18-28-23-5-3-22(4-6-23)27-15-19-12-20(16-27)14-21(13-19)17-27/h1-11,18-21,30H,12-17H2. The molecule has 4 saturated carbocycles. The summed E-state index contributed by atoms with van der Waals surface area (Å²) in [5.74, 6) is 3.20. The van der Waals surface area contributed by atoms with Gasteiger partial charge in [0.2, 0.25) is 0 Å². The summed E-state index contributed by atoms with van der Waals surface area (Å²) in [5, 5.41) is 9.53. The Morgan fingerprint density at radius 3 is 2.10 bits per heavy atom. The first kappa shape index (κ1) is 18.0. The molecule has 0 radical (unpaired) electrons. The zero-order valence-electron chi connectivity index (χ0n) is 17.2. The highest BCUT2D eigenvalue weighted by atomic mass is 16.3. The average Bonchev–Trinajstić information content (AvgIpc) is 3.21. The van der Waals surface area contributed by atoms with Gasteiger partial charge in [-0.3, -0.25) is 4.99 Å². The molecule has 2 aromatic carbocycles. The Kier molecular flexibility index (Phi) is 4.12. The fourth-order valence-corrected chi connectivity index (χ4v) is 6.85. The van der Waals surface area contributed by atoms with Crippen LogP contribution in [0.4, 0.5) is 5.69 Å². The van der Waals surface area contributed by atoms with Gasteiger partial charge in [-0.15, -0.1) is 0 Å². The van der Waals surface area contributed by atoms with Crippen molar-refractivity contribution in [2.24, 2.45) is 22.7 Å². The van der Waals surface area contributed by atoms with Gasteiger partial charge in [-0.1, -0.05) is 12.1 Å². The third kappa shape index (κ3) is 3.08. The zero-order valence-corrected chi connectivity index (χ0v) is 17.2. The lowest BCUT2D eigenvalue weighted by Crippen LogP contribution is -2.48. The second kappa shape index (κ2) is 6.87. The summed E-state index contributed by atoms with van der Waals surface area (Å²) in [6.07, 6.45) is 12.6. The maximum absolute atomic E-state index is 9.53. The minimum Gasteiger partial charge on any atom is -0.508 e. The van der Waals surface area contributed by atoms with Crippen LogP contribution in [-0.4, -0.2) is 15.9 Å². The lowest BCUT2D eigenvalue weighted by Gasteiger charge is -2.57. The first-order valence-electron chi connectivity index (χ1n) is 11.3. The van der Waals surface area contributed by atoms with Gasteiger partial charge in [0.25, 0.3) is 0 Å². The number of aromatic nitrogens is 1. The van der Waals surface area contributed by atoms with Gasteiger partial charge in [0.1, 0.15) is 5.75 Å². The number of aliphatic imine (C=N–C) groups is 1. The van der Waals surface area contributed by atoms with Gasteiger partial charge < -0.3 is 9.67 Å². The normalized spacial score (nSPS) is 29.7. The topological polar surface area (TPSA) is 37.5 Å². The summed E-state index contributed by atoms with van der Waals surface area (Å²) in [7, 11) is 0. The van der Waals surface area contributed by atoms with Crippen LogP contribution in [0.2, 0.25) is 0 Å². The van der Waals surface area contributed by atoms with E-state index in [9.17, 15) is 5.11 Å². The van der Waals surface area contributed by atoms with Gasteiger partial charge in [0.05, 0.1) is 17.6 Å². The van der Waals surface area contributed by atoms with Crippen molar-refractivity contribution in [2.75, 3.05) is 0 Å². The molecular formula is C27H28N2O. The van der Waals surface area contributed by atoms with Crippen LogP contribution in [-0.2, 0) is 5.41 Å². The summed E-state index contributed by atoms with van der Waals surface area (Å²) in [6, 6.07) is 20.4. The van der Waals surface area contributed by atoms with Crippen molar-refractivity contribution in [3.8, 4) is 11.4 Å². The fraction of sp³-hybridized carbons (Fsp3) is 0.370. The lowest BCUT2D eigenvalue weighted by atomic mass is 9.48. The zero-order chi connectivity index (χ0) is 20.1. The first-order chi connectivity index (χ1) is 14.7. The summed E-state index contributed by atoms with van der Waals surface area (Å²) < 4.78 is 2.08. The van der Waals surface area contributed by atoms with E-state index in [0.717, 1.165) is 34.8 Å². The quantitative estimate of drug-likeness (QED) is 0.509. The highest BCUT2D eigenvalue weighted by Gasteiger charge is 2.51. The molecule has 0 saturated heterocycles. The summed E-state index contributed by atoms with van der Waals surface area (Å²) in [4.78, 5) is 4.74. The molecule has 4 aliphatic carbocycles. The smallest absolute Gasteiger partial charge is 0.115 e. The van der Waals surface area contributed by atoms with Crippen molar-refractivity contribution in [3.63, 3.8) is 0 Å². The Balaban J connectivity index is 1.23. The molecule has 1 heterocycles. The van der Waals surface area contributed by atoms with Gasteiger partial charge in [-0.25, -0.2) is 0 Å². The minimum absolute atomic E-state index is 0.278. The fourth-order valence-electron chi connectivity index (χ4n) is 6.85. The van der Waals surface area contributed by atoms with Gasteiger partial charge in [-0.05, 0) is 116 Å². The molecule has 3 heteroatoms. The van der Waals surface area contributed by atoms with Crippen LogP contribution in [0.3, 0.4) is 0 Å². The molecule has 3 aromatic rings.